The molecule has 120 valence electrons. The second kappa shape index (κ2) is 7.21. The van der Waals surface area contributed by atoms with E-state index in [4.69, 9.17) is 9.72 Å². The van der Waals surface area contributed by atoms with E-state index in [0.29, 0.717) is 6.04 Å². The van der Waals surface area contributed by atoms with Crippen LogP contribution >= 0.6 is 11.3 Å². The SMILES string of the molecule is CCNC(Cc1nc(C)c(C)s1)C1(OC)CCC(C)CC1. The molecule has 1 aromatic heterocycles. The molecule has 0 radical (unpaired) electrons. The summed E-state index contributed by atoms with van der Waals surface area (Å²) >= 11 is 1.84. The standard InChI is InChI=1S/C17H30N2OS/c1-6-18-15(11-16-19-13(3)14(4)21-16)17(20-5)9-7-12(2)8-10-17/h12,15,18H,6-11H2,1-5H3. The summed E-state index contributed by atoms with van der Waals surface area (Å²) in [4.78, 5) is 6.07. The summed E-state index contributed by atoms with van der Waals surface area (Å²) in [6, 6.07) is 0.366. The third kappa shape index (κ3) is 3.85. The lowest BCUT2D eigenvalue weighted by molar-refractivity contribution is -0.0742. The van der Waals surface area contributed by atoms with Crippen molar-refractivity contribution in [1.29, 1.82) is 0 Å². The van der Waals surface area contributed by atoms with Crippen molar-refractivity contribution in [2.75, 3.05) is 13.7 Å². The van der Waals surface area contributed by atoms with Gasteiger partial charge in [-0.3, -0.25) is 0 Å². The normalized spacial score (nSPS) is 27.8. The van der Waals surface area contributed by atoms with Crippen molar-refractivity contribution in [3.8, 4) is 0 Å². The Hall–Kier alpha value is -0.450. The van der Waals surface area contributed by atoms with Gasteiger partial charge in [-0.05, 0) is 52.0 Å². The zero-order valence-electron chi connectivity index (χ0n) is 14.2. The molecule has 0 bridgehead atoms. The van der Waals surface area contributed by atoms with Crippen LogP contribution in [0.4, 0.5) is 0 Å². The molecular weight excluding hydrogens is 280 g/mol. The Morgan fingerprint density at radius 2 is 2.05 bits per heavy atom. The van der Waals surface area contributed by atoms with Gasteiger partial charge in [0.1, 0.15) is 0 Å². The van der Waals surface area contributed by atoms with Crippen LogP contribution in [0, 0.1) is 19.8 Å². The molecule has 21 heavy (non-hydrogen) atoms. The number of hydrogen-bond donors (Lipinski definition) is 1. The molecule has 0 aromatic carbocycles. The number of likely N-dealkylation sites (N-methyl/N-ethyl adjacent to an activating group) is 1. The van der Waals surface area contributed by atoms with Crippen LogP contribution in [0.3, 0.4) is 0 Å². The van der Waals surface area contributed by atoms with Gasteiger partial charge in [0.15, 0.2) is 0 Å². The first-order valence-electron chi connectivity index (χ1n) is 8.22. The quantitative estimate of drug-likeness (QED) is 0.866. The Morgan fingerprint density at radius 3 is 2.52 bits per heavy atom. The zero-order chi connectivity index (χ0) is 15.5. The van der Waals surface area contributed by atoms with Crippen molar-refractivity contribution in [3.05, 3.63) is 15.6 Å². The molecule has 2 rings (SSSR count). The van der Waals surface area contributed by atoms with Crippen LogP contribution < -0.4 is 5.32 Å². The molecule has 3 nitrogen and oxygen atoms in total. The first-order valence-corrected chi connectivity index (χ1v) is 9.04. The van der Waals surface area contributed by atoms with Crippen molar-refractivity contribution in [1.82, 2.24) is 10.3 Å². The molecule has 1 N–H and O–H groups in total. The number of aromatic nitrogens is 1. The minimum Gasteiger partial charge on any atom is -0.377 e. The highest BCUT2D eigenvalue weighted by molar-refractivity contribution is 7.11. The zero-order valence-corrected chi connectivity index (χ0v) is 15.0. The van der Waals surface area contributed by atoms with E-state index in [9.17, 15) is 0 Å². The summed E-state index contributed by atoms with van der Waals surface area (Å²) in [7, 11) is 1.89. The van der Waals surface area contributed by atoms with Crippen LogP contribution in [-0.2, 0) is 11.2 Å². The van der Waals surface area contributed by atoms with Gasteiger partial charge in [0.25, 0.3) is 0 Å². The van der Waals surface area contributed by atoms with E-state index in [1.54, 1.807) is 0 Å². The minimum absolute atomic E-state index is 0.0179. The average molecular weight is 311 g/mol. The van der Waals surface area contributed by atoms with E-state index in [-0.39, 0.29) is 5.60 Å². The molecule has 0 saturated heterocycles. The predicted octanol–water partition coefficient (Wildman–Crippen LogP) is 3.88. The van der Waals surface area contributed by atoms with Gasteiger partial charge in [0, 0.05) is 24.4 Å². The van der Waals surface area contributed by atoms with E-state index in [1.807, 2.05) is 18.4 Å². The summed E-state index contributed by atoms with van der Waals surface area (Å²) in [5, 5.41) is 4.92. The fourth-order valence-corrected chi connectivity index (χ4v) is 4.42. The highest BCUT2D eigenvalue weighted by atomic mass is 32.1. The fourth-order valence-electron chi connectivity index (χ4n) is 3.44. The van der Waals surface area contributed by atoms with Gasteiger partial charge in [0.2, 0.25) is 0 Å². The molecule has 0 spiro atoms. The van der Waals surface area contributed by atoms with E-state index >= 15 is 0 Å². The van der Waals surface area contributed by atoms with Gasteiger partial charge in [0.05, 0.1) is 16.3 Å². The van der Waals surface area contributed by atoms with Gasteiger partial charge >= 0.3 is 0 Å². The number of ether oxygens (including phenoxy) is 1. The fraction of sp³-hybridized carbons (Fsp3) is 0.824. The van der Waals surface area contributed by atoms with Gasteiger partial charge in [-0.1, -0.05) is 13.8 Å². The molecule has 0 amide bonds. The maximum atomic E-state index is 6.07. The molecule has 1 heterocycles. The lowest BCUT2D eigenvalue weighted by Crippen LogP contribution is -2.55. The Balaban J connectivity index is 2.16. The molecule has 1 aliphatic rings. The van der Waals surface area contributed by atoms with Crippen molar-refractivity contribution < 1.29 is 4.74 Å². The lowest BCUT2D eigenvalue weighted by Gasteiger charge is -2.44. The van der Waals surface area contributed by atoms with E-state index in [1.165, 1.54) is 28.4 Å². The Bertz CT molecular complexity index is 430. The van der Waals surface area contributed by atoms with Crippen molar-refractivity contribution >= 4 is 11.3 Å². The molecule has 1 atom stereocenters. The van der Waals surface area contributed by atoms with E-state index in [0.717, 1.165) is 31.7 Å². The number of thiazole rings is 1. The molecule has 1 saturated carbocycles. The van der Waals surface area contributed by atoms with Gasteiger partial charge in [-0.2, -0.15) is 0 Å². The molecule has 0 aliphatic heterocycles. The minimum atomic E-state index is -0.0179. The number of nitrogens with one attached hydrogen (secondary N) is 1. The molecular formula is C17H30N2OS. The summed E-state index contributed by atoms with van der Waals surface area (Å²) in [5.41, 5.74) is 1.16. The number of nitrogens with zero attached hydrogens (tertiary/aromatic N) is 1. The topological polar surface area (TPSA) is 34.2 Å². The maximum Gasteiger partial charge on any atom is 0.0947 e. The number of hydrogen-bond acceptors (Lipinski definition) is 4. The van der Waals surface area contributed by atoms with Crippen LogP contribution in [0.1, 0.15) is 55.1 Å². The Morgan fingerprint density at radius 1 is 1.38 bits per heavy atom. The lowest BCUT2D eigenvalue weighted by atomic mass is 9.74. The van der Waals surface area contributed by atoms with Gasteiger partial charge in [-0.15, -0.1) is 11.3 Å². The van der Waals surface area contributed by atoms with Crippen molar-refractivity contribution in [2.24, 2.45) is 5.92 Å². The summed E-state index contributed by atoms with van der Waals surface area (Å²) in [5.74, 6) is 0.833. The highest BCUT2D eigenvalue weighted by Crippen LogP contribution is 2.38. The highest BCUT2D eigenvalue weighted by Gasteiger charge is 2.41. The van der Waals surface area contributed by atoms with Crippen LogP contribution in [0.2, 0.25) is 0 Å². The van der Waals surface area contributed by atoms with Crippen LogP contribution in [0.15, 0.2) is 0 Å². The summed E-state index contributed by atoms with van der Waals surface area (Å²) < 4.78 is 6.07. The molecule has 1 unspecified atom stereocenters. The van der Waals surface area contributed by atoms with Crippen LogP contribution in [-0.4, -0.2) is 30.3 Å². The molecule has 4 heteroatoms. The van der Waals surface area contributed by atoms with Crippen LogP contribution in [0.5, 0.6) is 0 Å². The third-order valence-corrected chi connectivity index (χ3v) is 6.16. The van der Waals surface area contributed by atoms with Crippen molar-refractivity contribution in [2.45, 2.75) is 71.4 Å². The second-order valence-corrected chi connectivity index (χ2v) is 7.80. The largest absolute Gasteiger partial charge is 0.377 e. The van der Waals surface area contributed by atoms with Gasteiger partial charge in [-0.25, -0.2) is 4.98 Å². The first kappa shape index (κ1) is 16.9. The molecule has 1 aliphatic carbocycles. The summed E-state index contributed by atoms with van der Waals surface area (Å²) in [6.07, 6.45) is 5.84. The molecule has 1 fully saturated rings. The maximum absolute atomic E-state index is 6.07. The first-order chi connectivity index (χ1) is 10.0. The number of rotatable bonds is 6. The average Bonchev–Trinajstić information content (AvgIpc) is 2.78. The Kier molecular flexibility index (Phi) is 5.81. The summed E-state index contributed by atoms with van der Waals surface area (Å²) in [6.45, 7) is 9.78. The molecule has 1 aromatic rings. The second-order valence-electron chi connectivity index (χ2n) is 6.52. The van der Waals surface area contributed by atoms with Crippen LogP contribution in [0.25, 0.3) is 0 Å². The smallest absolute Gasteiger partial charge is 0.0947 e. The third-order valence-electron chi connectivity index (χ3n) is 5.06. The predicted molar refractivity (Wildman–Crippen MR) is 90.1 cm³/mol. The Labute approximate surface area is 133 Å². The van der Waals surface area contributed by atoms with E-state index in [2.05, 4.69) is 33.0 Å². The van der Waals surface area contributed by atoms with Gasteiger partial charge < -0.3 is 10.1 Å². The monoisotopic (exact) mass is 310 g/mol. The van der Waals surface area contributed by atoms with E-state index < -0.39 is 0 Å². The van der Waals surface area contributed by atoms with Crippen molar-refractivity contribution in [3.63, 3.8) is 0 Å². The number of aryl methyl sites for hydroxylation is 2. The number of methoxy groups -OCH3 is 1.